The van der Waals surface area contributed by atoms with E-state index < -0.39 is 0 Å². The van der Waals surface area contributed by atoms with Crippen LogP contribution in [0.5, 0.6) is 0 Å². The van der Waals surface area contributed by atoms with Crippen LogP contribution >= 0.6 is 0 Å². The second-order valence-corrected chi connectivity index (χ2v) is 13.1. The Hall–Kier alpha value is -5.34. The van der Waals surface area contributed by atoms with Crippen LogP contribution in [-0.2, 0) is 0 Å². The van der Waals surface area contributed by atoms with E-state index in [1.165, 1.54) is 11.1 Å². The number of hydrogen-bond donors (Lipinski definition) is 3. The molecular weight excluding hydrogens is 606 g/mol. The summed E-state index contributed by atoms with van der Waals surface area (Å²) in [5.74, 6) is 3.70. The molecule has 3 aliphatic heterocycles. The topological polar surface area (TPSA) is 175 Å². The molecule has 4 aliphatic carbocycles. The van der Waals surface area contributed by atoms with Crippen LogP contribution in [0.3, 0.4) is 0 Å². The van der Waals surface area contributed by atoms with E-state index in [1.807, 2.05) is 24.3 Å². The first-order chi connectivity index (χ1) is 23.8. The Kier molecular flexibility index (Phi) is 6.27. The molecule has 0 amide bonds. The number of aliphatic hydroxyl groups is 1. The minimum absolute atomic E-state index is 0.0421. The van der Waals surface area contributed by atoms with Crippen LogP contribution in [0.2, 0.25) is 0 Å². The first kappa shape index (κ1) is 27.7. The van der Waals surface area contributed by atoms with E-state index in [4.69, 9.17) is 30.1 Å². The van der Waals surface area contributed by atoms with E-state index in [0.717, 1.165) is 35.9 Å². The Morgan fingerprint density at radius 3 is 1.50 bits per heavy atom. The number of likely N-dealkylation sites (tertiary alicyclic amines) is 1. The maximum absolute atomic E-state index is 10.0. The van der Waals surface area contributed by atoms with Crippen LogP contribution in [0, 0.1) is 47.3 Å². The molecule has 238 valence electrons. The highest BCUT2D eigenvalue weighted by atomic mass is 16.3. The van der Waals surface area contributed by atoms with Crippen molar-refractivity contribution in [2.24, 2.45) is 57.5 Å². The van der Waals surface area contributed by atoms with E-state index in [9.17, 15) is 5.11 Å². The lowest BCUT2D eigenvalue weighted by Gasteiger charge is -2.68. The Bertz CT molecular complexity index is 2000. The number of nitrogens with one attached hydrogen (secondary N) is 2. The van der Waals surface area contributed by atoms with Gasteiger partial charge >= 0.3 is 0 Å². The number of aromatic nitrogens is 8. The fourth-order valence-corrected chi connectivity index (χ4v) is 9.78. The predicted octanol–water partition coefficient (Wildman–Crippen LogP) is 1.26. The normalized spacial score (nSPS) is 31.4. The number of aliphatic hydroxyl groups excluding tert-OH is 1. The van der Waals surface area contributed by atoms with Crippen molar-refractivity contribution in [1.29, 1.82) is 0 Å². The molecule has 14 nitrogen and oxygen atoms in total. The highest BCUT2D eigenvalue weighted by Gasteiger charge is 2.72. The van der Waals surface area contributed by atoms with Gasteiger partial charge in [0.2, 0.25) is 0 Å². The van der Waals surface area contributed by atoms with E-state index in [0.29, 0.717) is 41.7 Å². The van der Waals surface area contributed by atoms with Crippen molar-refractivity contribution < 1.29 is 5.11 Å². The molecule has 4 aromatic rings. The quantitative estimate of drug-likeness (QED) is 0.277. The third-order valence-corrected chi connectivity index (χ3v) is 11.2. The minimum Gasteiger partial charge on any atom is -0.395 e. The van der Waals surface area contributed by atoms with Gasteiger partial charge in [0, 0.05) is 81.0 Å². The zero-order valence-electron chi connectivity index (χ0n) is 25.7. The van der Waals surface area contributed by atoms with E-state index in [-0.39, 0.29) is 42.1 Å². The molecule has 7 aliphatic rings. The Morgan fingerprint density at radius 2 is 1.00 bits per heavy atom. The molecule has 8 atom stereocenters. The largest absolute Gasteiger partial charge is 0.395 e. The molecule has 3 N–H and O–H groups in total. The summed E-state index contributed by atoms with van der Waals surface area (Å²) in [5.41, 5.74) is 12.7. The van der Waals surface area contributed by atoms with Crippen LogP contribution < -0.4 is 10.9 Å². The smallest absolute Gasteiger partial charge is 0.177 e. The number of rotatable bonds is 6. The predicted molar refractivity (Wildman–Crippen MR) is 173 cm³/mol. The van der Waals surface area contributed by atoms with Crippen molar-refractivity contribution in [2.45, 2.75) is 0 Å². The molecule has 4 saturated carbocycles. The maximum Gasteiger partial charge on any atom is 0.177 e. The van der Waals surface area contributed by atoms with Crippen molar-refractivity contribution in [3.8, 4) is 0 Å². The second-order valence-electron chi connectivity index (χ2n) is 13.1. The number of fused-ring (bicyclic) bond motifs is 1. The van der Waals surface area contributed by atoms with Gasteiger partial charge in [-0.05, 0) is 70.9 Å². The summed E-state index contributed by atoms with van der Waals surface area (Å²) in [6.07, 6.45) is 14.2. The summed E-state index contributed by atoms with van der Waals surface area (Å²) in [7, 11) is 0. The molecule has 0 aromatic carbocycles. The van der Waals surface area contributed by atoms with Gasteiger partial charge < -0.3 is 10.0 Å². The van der Waals surface area contributed by atoms with Gasteiger partial charge in [0.15, 0.2) is 23.3 Å². The molecule has 0 spiro atoms. The fourth-order valence-electron chi connectivity index (χ4n) is 9.78. The summed E-state index contributed by atoms with van der Waals surface area (Å²) in [6, 6.07) is 7.32. The lowest BCUT2D eigenvalue weighted by atomic mass is 9.35. The number of β-amino-alcohol motifs (C(OH)–C–C–N with tert-alkyl or cyclic N) is 1. The molecule has 14 heteroatoms. The molecule has 48 heavy (non-hydrogen) atoms. The minimum atomic E-state index is -0.0734. The SMILES string of the molecule is OCCN1CC2C(C1)C1C3C(c4ncccn4)=NNC(c4ncccn4)=C3C2C2C3C(c4ncccn4)=NNC(c4ncccn4)=C3C12. The number of hydrazone groups is 2. The van der Waals surface area contributed by atoms with E-state index >= 15 is 0 Å². The van der Waals surface area contributed by atoms with Gasteiger partial charge in [0.1, 0.15) is 22.8 Å². The molecule has 0 radical (unpaired) electrons. The molecule has 11 rings (SSSR count). The van der Waals surface area contributed by atoms with Crippen molar-refractivity contribution in [3.63, 3.8) is 0 Å². The lowest BCUT2D eigenvalue weighted by molar-refractivity contribution is -0.0700. The van der Waals surface area contributed by atoms with Gasteiger partial charge in [-0.25, -0.2) is 39.9 Å². The number of hydrogen-bond acceptors (Lipinski definition) is 14. The van der Waals surface area contributed by atoms with Crippen molar-refractivity contribution in [1.82, 2.24) is 55.6 Å². The van der Waals surface area contributed by atoms with Crippen LogP contribution in [-0.4, -0.2) is 87.5 Å². The van der Waals surface area contributed by atoms with Gasteiger partial charge in [0.05, 0.1) is 6.61 Å². The van der Waals surface area contributed by atoms with Gasteiger partial charge in [-0.2, -0.15) is 10.2 Å². The molecule has 2 bridgehead atoms. The molecule has 1 saturated heterocycles. The van der Waals surface area contributed by atoms with E-state index in [2.05, 4.69) is 35.7 Å². The average molecular weight is 638 g/mol. The summed E-state index contributed by atoms with van der Waals surface area (Å²) < 4.78 is 0. The maximum atomic E-state index is 10.0. The summed E-state index contributed by atoms with van der Waals surface area (Å²) in [4.78, 5) is 39.9. The van der Waals surface area contributed by atoms with Crippen LogP contribution in [0.4, 0.5) is 0 Å². The second kappa shape index (κ2) is 10.9. The summed E-state index contributed by atoms with van der Waals surface area (Å²) >= 11 is 0. The van der Waals surface area contributed by atoms with Gasteiger partial charge in [-0.15, -0.1) is 0 Å². The molecule has 7 heterocycles. The van der Waals surface area contributed by atoms with Crippen LogP contribution in [0.25, 0.3) is 11.4 Å². The molecular formula is C34H31N13O. The zero-order valence-corrected chi connectivity index (χ0v) is 25.7. The van der Waals surface area contributed by atoms with Crippen molar-refractivity contribution in [3.05, 3.63) is 108 Å². The molecule has 5 fully saturated rings. The van der Waals surface area contributed by atoms with Gasteiger partial charge in [-0.3, -0.25) is 10.9 Å². The summed E-state index contributed by atoms with van der Waals surface area (Å²) in [6.45, 7) is 2.56. The van der Waals surface area contributed by atoms with Crippen molar-refractivity contribution >= 4 is 22.8 Å². The Labute approximate surface area is 275 Å². The number of allylic oxidation sites excluding steroid dienone is 2. The third-order valence-electron chi connectivity index (χ3n) is 11.2. The Balaban J connectivity index is 1.22. The van der Waals surface area contributed by atoms with Crippen molar-refractivity contribution in [2.75, 3.05) is 26.2 Å². The standard InChI is InChI=1S/C34H31N13O/c48-14-13-47-15-17-18(16-47)20-22-21(25-26(22)30(34-41-11-4-12-42-34)46-45-29(25)33-39-9-3-10-40-33)19(17)23-24(20)28(32-37-7-2-8-38-32)44-43-27(23)31-35-5-1-6-36-31/h1-12,17-23,26,44-45,48H,13-16H2. The Morgan fingerprint density at radius 1 is 0.562 bits per heavy atom. The fraction of sp³-hybridized carbons (Fsp3) is 0.353. The van der Waals surface area contributed by atoms with Crippen LogP contribution in [0.1, 0.15) is 23.3 Å². The zero-order chi connectivity index (χ0) is 31.8. The van der Waals surface area contributed by atoms with Gasteiger partial charge in [-0.1, -0.05) is 0 Å². The highest BCUT2D eigenvalue weighted by molar-refractivity contribution is 6.07. The number of nitrogens with zero attached hydrogens (tertiary/aromatic N) is 11. The monoisotopic (exact) mass is 637 g/mol. The first-order valence-electron chi connectivity index (χ1n) is 16.4. The summed E-state index contributed by atoms with van der Waals surface area (Å²) in [5, 5.41) is 20.0. The molecule has 4 aromatic heterocycles. The average Bonchev–Trinajstić information content (AvgIpc) is 3.58. The molecule has 8 unspecified atom stereocenters. The highest BCUT2D eigenvalue weighted by Crippen LogP contribution is 2.73. The van der Waals surface area contributed by atoms with Gasteiger partial charge in [0.25, 0.3) is 0 Å². The first-order valence-corrected chi connectivity index (χ1v) is 16.4. The van der Waals surface area contributed by atoms with Crippen LogP contribution in [0.15, 0.2) is 95.2 Å². The third kappa shape index (κ3) is 3.92. The lowest BCUT2D eigenvalue weighted by Crippen LogP contribution is -2.68. The van der Waals surface area contributed by atoms with E-state index in [1.54, 1.807) is 49.6 Å².